The summed E-state index contributed by atoms with van der Waals surface area (Å²) in [6.07, 6.45) is 2.99. The largest absolute Gasteiger partial charge is 0.493 e. The van der Waals surface area contributed by atoms with E-state index in [-0.39, 0.29) is 10.6 Å². The van der Waals surface area contributed by atoms with Crippen molar-refractivity contribution in [1.29, 1.82) is 0 Å². The van der Waals surface area contributed by atoms with Crippen LogP contribution in [-0.2, 0) is 14.8 Å². The van der Waals surface area contributed by atoms with Gasteiger partial charge in [0.25, 0.3) is 0 Å². The van der Waals surface area contributed by atoms with Crippen molar-refractivity contribution < 1.29 is 27.4 Å². The van der Waals surface area contributed by atoms with E-state index in [0.717, 1.165) is 5.56 Å². The number of anilines is 1. The van der Waals surface area contributed by atoms with Gasteiger partial charge in [-0.25, -0.2) is 8.42 Å². The molecule has 0 bridgehead atoms. The molecule has 0 aromatic heterocycles. The number of methoxy groups -OCH3 is 1. The minimum atomic E-state index is -3.68. The molecule has 2 rings (SSSR count). The first-order valence-corrected chi connectivity index (χ1v) is 12.3. The van der Waals surface area contributed by atoms with Crippen LogP contribution in [-0.4, -0.2) is 52.0 Å². The summed E-state index contributed by atoms with van der Waals surface area (Å²) in [4.78, 5) is 12.7. The fourth-order valence-electron chi connectivity index (χ4n) is 3.17. The molecule has 0 aliphatic heterocycles. The molecule has 0 saturated heterocycles. The number of nitrogens with zero attached hydrogens (tertiary/aromatic N) is 1. The standard InChI is InChI=1S/C24H32N2O6S/c1-6-26(7-2)33(28,29)19-12-14-21(31-8-3)20(17-19)25-24(27)15-11-18-10-13-22(32-9-4)23(16-18)30-5/h10-17H,6-9H2,1-5H3,(H,25,27)/b15-11+. The van der Waals surface area contributed by atoms with Crippen molar-refractivity contribution in [3.8, 4) is 17.2 Å². The third-order valence-corrected chi connectivity index (χ3v) is 6.81. The van der Waals surface area contributed by atoms with E-state index < -0.39 is 15.9 Å². The fourth-order valence-corrected chi connectivity index (χ4v) is 4.65. The first-order valence-electron chi connectivity index (χ1n) is 10.9. The topological polar surface area (TPSA) is 94.2 Å². The maximum atomic E-state index is 12.9. The minimum absolute atomic E-state index is 0.0881. The van der Waals surface area contributed by atoms with Crippen LogP contribution >= 0.6 is 0 Å². The van der Waals surface area contributed by atoms with Gasteiger partial charge in [-0.2, -0.15) is 4.31 Å². The van der Waals surface area contributed by atoms with Crippen molar-refractivity contribution in [2.75, 3.05) is 38.7 Å². The molecule has 8 nitrogen and oxygen atoms in total. The third-order valence-electron chi connectivity index (χ3n) is 4.77. The lowest BCUT2D eigenvalue weighted by Crippen LogP contribution is -2.30. The number of nitrogens with one attached hydrogen (secondary N) is 1. The Bertz CT molecular complexity index is 1080. The zero-order valence-electron chi connectivity index (χ0n) is 19.8. The number of hydrogen-bond acceptors (Lipinski definition) is 6. The summed E-state index contributed by atoms with van der Waals surface area (Å²) in [5, 5.41) is 2.72. The van der Waals surface area contributed by atoms with Crippen LogP contribution in [0.4, 0.5) is 5.69 Å². The number of benzene rings is 2. The second kappa shape index (κ2) is 12.3. The number of rotatable bonds is 12. The lowest BCUT2D eigenvalue weighted by atomic mass is 10.2. The Balaban J connectivity index is 2.28. The Morgan fingerprint density at radius 2 is 1.58 bits per heavy atom. The van der Waals surface area contributed by atoms with Gasteiger partial charge in [-0.15, -0.1) is 0 Å². The Kier molecular flexibility index (Phi) is 9.74. The summed E-state index contributed by atoms with van der Waals surface area (Å²) >= 11 is 0. The minimum Gasteiger partial charge on any atom is -0.493 e. The lowest BCUT2D eigenvalue weighted by molar-refractivity contribution is -0.111. The predicted molar refractivity (Wildman–Crippen MR) is 130 cm³/mol. The summed E-state index contributed by atoms with van der Waals surface area (Å²) in [7, 11) is -2.13. The maximum absolute atomic E-state index is 12.9. The van der Waals surface area contributed by atoms with E-state index in [0.29, 0.717) is 43.6 Å². The summed E-state index contributed by atoms with van der Waals surface area (Å²) in [6, 6.07) is 9.80. The Hall–Kier alpha value is -3.04. The van der Waals surface area contributed by atoms with Crippen LogP contribution in [0.3, 0.4) is 0 Å². The van der Waals surface area contributed by atoms with Gasteiger partial charge in [0.2, 0.25) is 15.9 Å². The van der Waals surface area contributed by atoms with E-state index in [1.165, 1.54) is 22.5 Å². The maximum Gasteiger partial charge on any atom is 0.248 e. The van der Waals surface area contributed by atoms with Crippen LogP contribution in [0.5, 0.6) is 17.2 Å². The molecule has 0 fully saturated rings. The zero-order chi connectivity index (χ0) is 24.4. The van der Waals surface area contributed by atoms with Gasteiger partial charge in [0.15, 0.2) is 11.5 Å². The first-order chi connectivity index (χ1) is 15.8. The van der Waals surface area contributed by atoms with Gasteiger partial charge in [-0.3, -0.25) is 4.79 Å². The van der Waals surface area contributed by atoms with Gasteiger partial charge in [-0.1, -0.05) is 19.9 Å². The smallest absolute Gasteiger partial charge is 0.248 e. The Morgan fingerprint density at radius 3 is 2.18 bits per heavy atom. The van der Waals surface area contributed by atoms with Crippen LogP contribution < -0.4 is 19.5 Å². The SMILES string of the molecule is CCOc1ccc(S(=O)(=O)N(CC)CC)cc1NC(=O)/C=C/c1ccc(OCC)c(OC)c1. The molecule has 9 heteroatoms. The molecule has 0 spiro atoms. The molecule has 0 saturated carbocycles. The summed E-state index contributed by atoms with van der Waals surface area (Å²) in [6.45, 7) is 8.83. The van der Waals surface area contributed by atoms with Crippen LogP contribution in [0.15, 0.2) is 47.4 Å². The highest BCUT2D eigenvalue weighted by molar-refractivity contribution is 7.89. The molecule has 2 aromatic carbocycles. The van der Waals surface area contributed by atoms with Gasteiger partial charge in [0.05, 0.1) is 30.9 Å². The quantitative estimate of drug-likeness (QED) is 0.462. The Morgan fingerprint density at radius 1 is 0.939 bits per heavy atom. The predicted octanol–water partition coefficient (Wildman–Crippen LogP) is 4.18. The average molecular weight is 477 g/mol. The molecule has 0 radical (unpaired) electrons. The van der Waals surface area contributed by atoms with Crippen LogP contribution in [0.25, 0.3) is 6.08 Å². The van der Waals surface area contributed by atoms with Crippen molar-refractivity contribution >= 4 is 27.7 Å². The number of carbonyl (C=O) groups is 1. The molecule has 0 aliphatic carbocycles. The molecular formula is C24H32N2O6S. The van der Waals surface area contributed by atoms with E-state index >= 15 is 0 Å². The van der Waals surface area contributed by atoms with Crippen molar-refractivity contribution in [3.63, 3.8) is 0 Å². The molecule has 33 heavy (non-hydrogen) atoms. The second-order valence-corrected chi connectivity index (χ2v) is 8.78. The number of hydrogen-bond donors (Lipinski definition) is 1. The van der Waals surface area contributed by atoms with Gasteiger partial charge in [0, 0.05) is 19.2 Å². The molecule has 2 aromatic rings. The fraction of sp³-hybridized carbons (Fsp3) is 0.375. The summed E-state index contributed by atoms with van der Waals surface area (Å²) in [5.74, 6) is 1.14. The highest BCUT2D eigenvalue weighted by atomic mass is 32.2. The average Bonchev–Trinajstić information content (AvgIpc) is 2.80. The highest BCUT2D eigenvalue weighted by Gasteiger charge is 2.23. The number of ether oxygens (including phenoxy) is 3. The number of amides is 1. The van der Waals surface area contributed by atoms with E-state index in [9.17, 15) is 13.2 Å². The van der Waals surface area contributed by atoms with Gasteiger partial charge >= 0.3 is 0 Å². The summed E-state index contributed by atoms with van der Waals surface area (Å²) in [5.41, 5.74) is 1.03. The van der Waals surface area contributed by atoms with Gasteiger partial charge in [-0.05, 0) is 55.8 Å². The van der Waals surface area contributed by atoms with Crippen LogP contribution in [0, 0.1) is 0 Å². The van der Waals surface area contributed by atoms with Crippen molar-refractivity contribution in [2.24, 2.45) is 0 Å². The van der Waals surface area contributed by atoms with E-state index in [1.807, 2.05) is 13.8 Å². The molecule has 1 amide bonds. The number of carbonyl (C=O) groups excluding carboxylic acids is 1. The van der Waals surface area contributed by atoms with Crippen LogP contribution in [0.1, 0.15) is 33.3 Å². The molecule has 180 valence electrons. The van der Waals surface area contributed by atoms with E-state index in [4.69, 9.17) is 14.2 Å². The van der Waals surface area contributed by atoms with E-state index in [2.05, 4.69) is 5.32 Å². The lowest BCUT2D eigenvalue weighted by Gasteiger charge is -2.19. The molecule has 0 aliphatic rings. The van der Waals surface area contributed by atoms with Crippen LogP contribution in [0.2, 0.25) is 0 Å². The first kappa shape index (κ1) is 26.2. The Labute approximate surface area is 196 Å². The molecule has 1 N–H and O–H groups in total. The molecule has 0 atom stereocenters. The van der Waals surface area contributed by atoms with Crippen molar-refractivity contribution in [3.05, 3.63) is 48.0 Å². The zero-order valence-corrected chi connectivity index (χ0v) is 20.6. The van der Waals surface area contributed by atoms with E-state index in [1.54, 1.807) is 51.3 Å². The van der Waals surface area contributed by atoms with Gasteiger partial charge < -0.3 is 19.5 Å². The van der Waals surface area contributed by atoms with Gasteiger partial charge in [0.1, 0.15) is 5.75 Å². The third kappa shape index (κ3) is 6.72. The summed E-state index contributed by atoms with van der Waals surface area (Å²) < 4.78 is 43.5. The number of sulfonamides is 1. The molecule has 0 unspecified atom stereocenters. The second-order valence-electron chi connectivity index (χ2n) is 6.85. The van der Waals surface area contributed by atoms with Crippen molar-refractivity contribution in [2.45, 2.75) is 32.6 Å². The monoisotopic (exact) mass is 476 g/mol. The highest BCUT2D eigenvalue weighted by Crippen LogP contribution is 2.30. The normalized spacial score (nSPS) is 11.6. The molecular weight excluding hydrogens is 444 g/mol. The van der Waals surface area contributed by atoms with Crippen molar-refractivity contribution in [1.82, 2.24) is 4.31 Å². The molecule has 0 heterocycles.